The van der Waals surface area contributed by atoms with Crippen LogP contribution in [0.1, 0.15) is 76.5 Å². The Kier molecular flexibility index (Phi) is 9.68. The van der Waals surface area contributed by atoms with E-state index in [1.54, 1.807) is 6.26 Å². The molecular formula is C18H30O3. The van der Waals surface area contributed by atoms with Gasteiger partial charge in [0.1, 0.15) is 12.2 Å². The van der Waals surface area contributed by atoms with Gasteiger partial charge in [0, 0.05) is 0 Å². The van der Waals surface area contributed by atoms with Crippen LogP contribution in [0.15, 0.2) is 16.7 Å². The molecular weight excluding hydrogens is 264 g/mol. The Morgan fingerprint density at radius 1 is 1.05 bits per heavy atom. The van der Waals surface area contributed by atoms with E-state index in [2.05, 4.69) is 6.92 Å². The van der Waals surface area contributed by atoms with Crippen molar-refractivity contribution in [2.24, 2.45) is 0 Å². The zero-order valence-electron chi connectivity index (χ0n) is 13.7. The van der Waals surface area contributed by atoms with Crippen molar-refractivity contribution in [2.75, 3.05) is 6.61 Å². The number of esters is 1. The predicted molar refractivity (Wildman–Crippen MR) is 85.4 cm³/mol. The summed E-state index contributed by atoms with van der Waals surface area (Å²) >= 11 is 0. The summed E-state index contributed by atoms with van der Waals surface area (Å²) in [6, 6.07) is 1.98. The molecule has 3 heteroatoms. The summed E-state index contributed by atoms with van der Waals surface area (Å²) in [4.78, 5) is 11.5. The summed E-state index contributed by atoms with van der Waals surface area (Å²) in [7, 11) is 0. The summed E-state index contributed by atoms with van der Waals surface area (Å²) in [5.41, 5.74) is 1.16. The third kappa shape index (κ3) is 7.93. The van der Waals surface area contributed by atoms with Gasteiger partial charge in [0.05, 0.1) is 12.9 Å². The highest BCUT2D eigenvalue weighted by molar-refractivity contribution is 5.72. The lowest BCUT2D eigenvalue weighted by atomic mass is 10.0. The normalized spacial score (nSPS) is 10.8. The second kappa shape index (κ2) is 11.4. The Hall–Kier alpha value is -1.25. The molecule has 0 atom stereocenters. The molecule has 120 valence electrons. The maximum absolute atomic E-state index is 11.5. The van der Waals surface area contributed by atoms with Crippen LogP contribution in [0.2, 0.25) is 0 Å². The standard InChI is InChI=1S/C18H30O3/c1-3-5-6-7-8-9-10-11-12-16-13-14-21-17(16)15-18(19)20-4-2/h13-14H,3-12,15H2,1-2H3. The summed E-state index contributed by atoms with van der Waals surface area (Å²) in [5.74, 6) is 0.570. The van der Waals surface area contributed by atoms with Crippen LogP contribution in [0.4, 0.5) is 0 Å². The highest BCUT2D eigenvalue weighted by Gasteiger charge is 2.11. The first-order valence-corrected chi connectivity index (χ1v) is 8.48. The number of carbonyl (C=O) groups excluding carboxylic acids is 1. The molecule has 0 bridgehead atoms. The molecule has 0 aliphatic carbocycles. The SMILES string of the molecule is CCCCCCCCCCc1ccoc1CC(=O)OCC. The van der Waals surface area contributed by atoms with Gasteiger partial charge in [-0.15, -0.1) is 0 Å². The van der Waals surface area contributed by atoms with Crippen LogP contribution in [0.3, 0.4) is 0 Å². The molecule has 0 fully saturated rings. The lowest BCUT2D eigenvalue weighted by Gasteiger charge is -2.04. The molecule has 0 N–H and O–H groups in total. The van der Waals surface area contributed by atoms with Gasteiger partial charge in [-0.1, -0.05) is 51.9 Å². The van der Waals surface area contributed by atoms with Gasteiger partial charge in [-0.05, 0) is 31.4 Å². The lowest BCUT2D eigenvalue weighted by molar-refractivity contribution is -0.142. The summed E-state index contributed by atoms with van der Waals surface area (Å²) in [6.07, 6.45) is 13.4. The van der Waals surface area contributed by atoms with Crippen molar-refractivity contribution in [3.63, 3.8) is 0 Å². The Bertz CT molecular complexity index is 382. The molecule has 0 aliphatic rings. The van der Waals surface area contributed by atoms with Gasteiger partial charge >= 0.3 is 5.97 Å². The second-order valence-corrected chi connectivity index (χ2v) is 5.58. The molecule has 1 rings (SSSR count). The lowest BCUT2D eigenvalue weighted by Crippen LogP contribution is -2.08. The zero-order valence-corrected chi connectivity index (χ0v) is 13.7. The van der Waals surface area contributed by atoms with Crippen LogP contribution in [0.5, 0.6) is 0 Å². The molecule has 0 spiro atoms. The van der Waals surface area contributed by atoms with Gasteiger partial charge in [-0.25, -0.2) is 0 Å². The molecule has 0 aromatic carbocycles. The topological polar surface area (TPSA) is 39.4 Å². The summed E-state index contributed by atoms with van der Waals surface area (Å²) in [5, 5.41) is 0. The van der Waals surface area contributed by atoms with Crippen molar-refractivity contribution in [3.8, 4) is 0 Å². The highest BCUT2D eigenvalue weighted by Crippen LogP contribution is 2.16. The first kappa shape index (κ1) is 17.8. The van der Waals surface area contributed by atoms with Crippen LogP contribution < -0.4 is 0 Å². The van der Waals surface area contributed by atoms with Gasteiger partial charge < -0.3 is 9.15 Å². The molecule has 0 unspecified atom stereocenters. The van der Waals surface area contributed by atoms with E-state index >= 15 is 0 Å². The molecule has 0 saturated carbocycles. The van der Waals surface area contributed by atoms with E-state index in [0.29, 0.717) is 6.61 Å². The monoisotopic (exact) mass is 294 g/mol. The molecule has 21 heavy (non-hydrogen) atoms. The minimum absolute atomic E-state index is 0.204. The van der Waals surface area contributed by atoms with Crippen LogP contribution in [-0.4, -0.2) is 12.6 Å². The first-order valence-electron chi connectivity index (χ1n) is 8.48. The van der Waals surface area contributed by atoms with E-state index < -0.39 is 0 Å². The van der Waals surface area contributed by atoms with Crippen molar-refractivity contribution < 1.29 is 13.9 Å². The molecule has 1 aromatic rings. The Morgan fingerprint density at radius 2 is 1.71 bits per heavy atom. The largest absolute Gasteiger partial charge is 0.468 e. The van der Waals surface area contributed by atoms with Crippen LogP contribution in [0.25, 0.3) is 0 Å². The third-order valence-electron chi connectivity index (χ3n) is 3.75. The number of unbranched alkanes of at least 4 members (excludes halogenated alkanes) is 7. The molecule has 0 aliphatic heterocycles. The van der Waals surface area contributed by atoms with Gasteiger partial charge in [-0.2, -0.15) is 0 Å². The molecule has 1 aromatic heterocycles. The van der Waals surface area contributed by atoms with Crippen molar-refractivity contribution in [3.05, 3.63) is 23.7 Å². The predicted octanol–water partition coefficient (Wildman–Crippen LogP) is 5.07. The van der Waals surface area contributed by atoms with Gasteiger partial charge in [0.25, 0.3) is 0 Å². The summed E-state index contributed by atoms with van der Waals surface area (Å²) in [6.45, 7) is 4.49. The van der Waals surface area contributed by atoms with E-state index in [-0.39, 0.29) is 12.4 Å². The smallest absolute Gasteiger partial charge is 0.313 e. The number of furan rings is 1. The fraction of sp³-hybridized carbons (Fsp3) is 0.722. The van der Waals surface area contributed by atoms with Gasteiger partial charge in [0.2, 0.25) is 0 Å². The second-order valence-electron chi connectivity index (χ2n) is 5.58. The first-order chi connectivity index (χ1) is 10.3. The van der Waals surface area contributed by atoms with Crippen molar-refractivity contribution in [2.45, 2.75) is 78.1 Å². The molecule has 0 amide bonds. The third-order valence-corrected chi connectivity index (χ3v) is 3.75. The van der Waals surface area contributed by atoms with Crippen molar-refractivity contribution >= 4 is 5.97 Å². The number of aryl methyl sites for hydroxylation is 1. The zero-order chi connectivity index (χ0) is 15.3. The van der Waals surface area contributed by atoms with Gasteiger partial charge in [-0.3, -0.25) is 4.79 Å². The Balaban J connectivity index is 2.15. The minimum atomic E-state index is -0.204. The maximum Gasteiger partial charge on any atom is 0.313 e. The van der Waals surface area contributed by atoms with Crippen molar-refractivity contribution in [1.82, 2.24) is 0 Å². The average molecular weight is 294 g/mol. The number of carbonyl (C=O) groups is 1. The van der Waals surface area contributed by atoms with Crippen LogP contribution in [0, 0.1) is 0 Å². The maximum atomic E-state index is 11.5. The van der Waals surface area contributed by atoms with E-state index in [9.17, 15) is 4.79 Å². The highest BCUT2D eigenvalue weighted by atomic mass is 16.5. The number of rotatable bonds is 12. The summed E-state index contributed by atoms with van der Waals surface area (Å²) < 4.78 is 10.4. The van der Waals surface area contributed by atoms with Crippen LogP contribution >= 0.6 is 0 Å². The van der Waals surface area contributed by atoms with E-state index in [4.69, 9.17) is 9.15 Å². The fourth-order valence-electron chi connectivity index (χ4n) is 2.54. The van der Waals surface area contributed by atoms with E-state index in [0.717, 1.165) is 17.7 Å². The number of hydrogen-bond acceptors (Lipinski definition) is 3. The number of hydrogen-bond donors (Lipinski definition) is 0. The van der Waals surface area contributed by atoms with Crippen molar-refractivity contribution in [1.29, 1.82) is 0 Å². The van der Waals surface area contributed by atoms with E-state index in [1.165, 1.54) is 51.4 Å². The fourth-order valence-corrected chi connectivity index (χ4v) is 2.54. The van der Waals surface area contributed by atoms with E-state index in [1.807, 2.05) is 13.0 Å². The molecule has 3 nitrogen and oxygen atoms in total. The quantitative estimate of drug-likeness (QED) is 0.399. The minimum Gasteiger partial charge on any atom is -0.468 e. The molecule has 1 heterocycles. The Morgan fingerprint density at radius 3 is 2.38 bits per heavy atom. The Labute approximate surface area is 129 Å². The molecule has 0 radical (unpaired) electrons. The number of ether oxygens (including phenoxy) is 1. The van der Waals surface area contributed by atoms with Gasteiger partial charge in [0.15, 0.2) is 0 Å². The molecule has 0 saturated heterocycles. The average Bonchev–Trinajstić information content (AvgIpc) is 2.89. The van der Waals surface area contributed by atoms with Crippen LogP contribution in [-0.2, 0) is 22.4 Å².